The van der Waals surface area contributed by atoms with Crippen molar-refractivity contribution in [1.29, 1.82) is 0 Å². The van der Waals surface area contributed by atoms with Crippen molar-refractivity contribution in [1.82, 2.24) is 25.1 Å². The molecule has 0 aliphatic carbocycles. The predicted octanol–water partition coefficient (Wildman–Crippen LogP) is 3.94. The van der Waals surface area contributed by atoms with Crippen LogP contribution in [-0.4, -0.2) is 111 Å². The van der Waals surface area contributed by atoms with Gasteiger partial charge < -0.3 is 25.2 Å². The molecule has 13 heteroatoms. The van der Waals surface area contributed by atoms with Crippen LogP contribution in [0.4, 0.5) is 5.69 Å². The fourth-order valence-electron chi connectivity index (χ4n) is 5.37. The van der Waals surface area contributed by atoms with Crippen molar-refractivity contribution in [2.75, 3.05) is 83.7 Å². The summed E-state index contributed by atoms with van der Waals surface area (Å²) in [5.74, 6) is 1.20. The highest BCUT2D eigenvalue weighted by molar-refractivity contribution is 7.13. The van der Waals surface area contributed by atoms with Crippen molar-refractivity contribution in [2.24, 2.45) is 16.9 Å². The highest BCUT2D eigenvalue weighted by Gasteiger charge is 2.26. The first-order valence-electron chi connectivity index (χ1n) is 15.7. The Morgan fingerprint density at radius 3 is 2.44 bits per heavy atom. The number of carbonyl (C=O) groups is 2. The van der Waals surface area contributed by atoms with Crippen LogP contribution >= 0.6 is 32.6 Å². The summed E-state index contributed by atoms with van der Waals surface area (Å²) in [5.41, 5.74) is 0.820. The summed E-state index contributed by atoms with van der Waals surface area (Å²) in [6, 6.07) is 5.34. The smallest absolute Gasteiger partial charge is 0.245 e. The van der Waals surface area contributed by atoms with Crippen molar-refractivity contribution >= 4 is 55.9 Å². The van der Waals surface area contributed by atoms with E-state index in [1.807, 2.05) is 26.8 Å². The fraction of sp³-hybridized carbons (Fsp3) is 0.700. The van der Waals surface area contributed by atoms with Gasteiger partial charge in [-0.15, -0.1) is 0 Å². The third-order valence-electron chi connectivity index (χ3n) is 7.93. The molecular formula is C30H50Cl2N7O3P. The molecule has 2 saturated heterocycles. The summed E-state index contributed by atoms with van der Waals surface area (Å²) in [4.78, 5) is 29.6. The molecule has 2 atom stereocenters. The zero-order valence-electron chi connectivity index (χ0n) is 26.0. The number of piperidine rings is 1. The lowest BCUT2D eigenvalue weighted by atomic mass is 9.96. The van der Waals surface area contributed by atoms with Crippen LogP contribution < -0.4 is 15.6 Å². The van der Waals surface area contributed by atoms with E-state index in [1.165, 1.54) is 32.5 Å². The van der Waals surface area contributed by atoms with E-state index in [0.717, 1.165) is 44.3 Å². The number of amides is 2. The number of nitrogens with one attached hydrogen (secondary N) is 2. The molecule has 3 aliphatic rings. The molecule has 10 nitrogen and oxygen atoms in total. The van der Waals surface area contributed by atoms with Gasteiger partial charge in [-0.3, -0.25) is 19.3 Å². The number of amidine groups is 1. The molecule has 0 spiro atoms. The van der Waals surface area contributed by atoms with Gasteiger partial charge in [0.1, 0.15) is 12.4 Å². The number of nitrogens with zero attached hydrogens (tertiary/aromatic N) is 5. The summed E-state index contributed by atoms with van der Waals surface area (Å²) in [7, 11) is 2.81. The number of hydrazone groups is 1. The summed E-state index contributed by atoms with van der Waals surface area (Å²) in [6.45, 7) is 16.6. The molecule has 0 saturated carbocycles. The number of carbonyl (C=O) groups excluding carboxylic acids is 2. The van der Waals surface area contributed by atoms with E-state index in [2.05, 4.69) is 39.6 Å². The molecular weight excluding hydrogens is 608 g/mol. The first-order valence-corrected chi connectivity index (χ1v) is 16.9. The van der Waals surface area contributed by atoms with Gasteiger partial charge >= 0.3 is 0 Å². The number of ether oxygens (including phenoxy) is 1. The zero-order chi connectivity index (χ0) is 31.2. The Kier molecular flexibility index (Phi) is 16.0. The highest BCUT2D eigenvalue weighted by Crippen LogP contribution is 2.29. The normalized spacial score (nSPS) is 20.4. The SMILES string of the molecule is CC.CC1CN(c2ccc(Cl)c(Cl)c2)N=C1NC(=O)CCCNC(=O)COCCN1CCC(CN2CCN(P)CC2)CC1. The molecule has 3 aliphatic heterocycles. The molecule has 1 aromatic carbocycles. The first-order chi connectivity index (χ1) is 20.8. The fourth-order valence-corrected chi connectivity index (χ4v) is 5.89. The minimum absolute atomic E-state index is 0.0449. The summed E-state index contributed by atoms with van der Waals surface area (Å²) in [6.07, 6.45) is 3.30. The van der Waals surface area contributed by atoms with Crippen molar-refractivity contribution in [3.05, 3.63) is 28.2 Å². The van der Waals surface area contributed by atoms with Gasteiger partial charge in [-0.05, 0) is 56.5 Å². The molecule has 0 bridgehead atoms. The molecule has 242 valence electrons. The molecule has 0 aromatic heterocycles. The van der Waals surface area contributed by atoms with Gasteiger partial charge in [-0.2, -0.15) is 5.10 Å². The summed E-state index contributed by atoms with van der Waals surface area (Å²) < 4.78 is 7.93. The summed E-state index contributed by atoms with van der Waals surface area (Å²) in [5, 5.41) is 13.0. The van der Waals surface area contributed by atoms with Gasteiger partial charge in [0.15, 0.2) is 0 Å². The van der Waals surface area contributed by atoms with Crippen molar-refractivity contribution in [3.8, 4) is 0 Å². The number of rotatable bonds is 12. The van der Waals surface area contributed by atoms with E-state index >= 15 is 0 Å². The van der Waals surface area contributed by atoms with Gasteiger partial charge in [0, 0.05) is 58.2 Å². The van der Waals surface area contributed by atoms with E-state index in [4.69, 9.17) is 27.9 Å². The Hall–Kier alpha value is -1.52. The number of anilines is 1. The number of halogens is 2. The van der Waals surface area contributed by atoms with Crippen LogP contribution in [0.3, 0.4) is 0 Å². The molecule has 1 aromatic rings. The standard InChI is InChI=1S/C28H44Cl2N7O3P.C2H6/c1-21-18-37(23-4-5-24(29)25(30)17-23)33-28(21)32-26(38)3-2-8-31-27(39)20-40-16-15-34-9-6-22(7-10-34)19-35-11-13-36(41)14-12-35;1-2/h4-5,17,21-22H,2-3,6-16,18-20,41H2,1H3,(H,31,39)(H,32,33,38);1-2H3. The number of benzene rings is 1. The Morgan fingerprint density at radius 2 is 1.74 bits per heavy atom. The second kappa shape index (κ2) is 19.1. The number of piperazine rings is 1. The molecule has 2 amide bonds. The van der Waals surface area contributed by atoms with Crippen LogP contribution in [0, 0.1) is 11.8 Å². The largest absolute Gasteiger partial charge is 0.370 e. The Balaban J connectivity index is 0.00000248. The first kappa shape index (κ1) is 36.0. The van der Waals surface area contributed by atoms with Gasteiger partial charge in [-0.1, -0.05) is 53.4 Å². The lowest BCUT2D eigenvalue weighted by Gasteiger charge is -2.37. The topological polar surface area (TPSA) is 92.8 Å². The van der Waals surface area contributed by atoms with Crippen molar-refractivity contribution in [3.63, 3.8) is 0 Å². The quantitative estimate of drug-likeness (QED) is 0.260. The summed E-state index contributed by atoms with van der Waals surface area (Å²) >= 11 is 12.1. The maximum atomic E-state index is 12.4. The second-order valence-corrected chi connectivity index (χ2v) is 12.8. The van der Waals surface area contributed by atoms with Crippen molar-refractivity contribution < 1.29 is 14.3 Å². The van der Waals surface area contributed by atoms with Crippen LogP contribution in [0.2, 0.25) is 10.0 Å². The molecule has 2 unspecified atom stereocenters. The van der Waals surface area contributed by atoms with Gasteiger partial charge in [-0.25, -0.2) is 0 Å². The Labute approximate surface area is 270 Å². The van der Waals surface area contributed by atoms with E-state index in [9.17, 15) is 9.59 Å². The van der Waals surface area contributed by atoms with Crippen LogP contribution in [0.25, 0.3) is 0 Å². The van der Waals surface area contributed by atoms with Crippen molar-refractivity contribution in [2.45, 2.75) is 46.5 Å². The second-order valence-electron chi connectivity index (χ2n) is 11.2. The maximum absolute atomic E-state index is 12.4. The Morgan fingerprint density at radius 1 is 1.02 bits per heavy atom. The van der Waals surface area contributed by atoms with Crippen LogP contribution in [-0.2, 0) is 14.3 Å². The molecule has 4 rings (SSSR count). The lowest BCUT2D eigenvalue weighted by Crippen LogP contribution is -2.46. The molecule has 2 N–H and O–H groups in total. The third-order valence-corrected chi connectivity index (χ3v) is 9.18. The molecule has 2 fully saturated rings. The molecule has 43 heavy (non-hydrogen) atoms. The average Bonchev–Trinajstić information content (AvgIpc) is 3.37. The number of likely N-dealkylation sites (tertiary alicyclic amines) is 1. The van der Waals surface area contributed by atoms with E-state index < -0.39 is 0 Å². The number of hydrogen-bond acceptors (Lipinski definition) is 8. The minimum atomic E-state index is -0.152. The van der Waals surface area contributed by atoms with Crippen LogP contribution in [0.15, 0.2) is 23.3 Å². The predicted molar refractivity (Wildman–Crippen MR) is 180 cm³/mol. The van der Waals surface area contributed by atoms with Gasteiger partial charge in [0.2, 0.25) is 11.8 Å². The van der Waals surface area contributed by atoms with Gasteiger partial charge in [0.25, 0.3) is 0 Å². The molecule has 3 heterocycles. The van der Waals surface area contributed by atoms with E-state index in [1.54, 1.807) is 17.1 Å². The number of hydrogen-bond donors (Lipinski definition) is 2. The Bertz CT molecular complexity index is 1050. The molecule has 0 radical (unpaired) electrons. The monoisotopic (exact) mass is 657 g/mol. The van der Waals surface area contributed by atoms with Gasteiger partial charge in [0.05, 0.1) is 28.9 Å². The van der Waals surface area contributed by atoms with E-state index in [-0.39, 0.29) is 24.3 Å². The average molecular weight is 659 g/mol. The maximum Gasteiger partial charge on any atom is 0.245 e. The lowest BCUT2D eigenvalue weighted by molar-refractivity contribution is -0.126. The highest BCUT2D eigenvalue weighted by atomic mass is 35.5. The van der Waals surface area contributed by atoms with E-state index in [0.29, 0.717) is 48.4 Å². The zero-order valence-corrected chi connectivity index (χ0v) is 28.7. The minimum Gasteiger partial charge on any atom is -0.370 e. The third kappa shape index (κ3) is 12.4. The van der Waals surface area contributed by atoms with Crippen LogP contribution in [0.1, 0.15) is 46.5 Å². The van der Waals surface area contributed by atoms with Crippen LogP contribution in [0.5, 0.6) is 0 Å².